The molecule has 2 rings (SSSR count). The van der Waals surface area contributed by atoms with Crippen LogP contribution in [0.5, 0.6) is 0 Å². The van der Waals surface area contributed by atoms with Crippen molar-refractivity contribution < 1.29 is 0 Å². The van der Waals surface area contributed by atoms with Gasteiger partial charge >= 0.3 is 0 Å². The summed E-state index contributed by atoms with van der Waals surface area (Å²) in [6.07, 6.45) is 5.37. The molecular formula is C9H8IN3. The van der Waals surface area contributed by atoms with E-state index in [1.54, 1.807) is 12.5 Å². The molecule has 2 aromatic heterocycles. The number of rotatable bonds is 1. The van der Waals surface area contributed by atoms with Crippen molar-refractivity contribution in [3.05, 3.63) is 40.1 Å². The highest BCUT2D eigenvalue weighted by molar-refractivity contribution is 14.1. The molecule has 0 aliphatic rings. The van der Waals surface area contributed by atoms with Gasteiger partial charge in [-0.3, -0.25) is 4.57 Å². The van der Waals surface area contributed by atoms with Crippen LogP contribution in [-0.4, -0.2) is 14.5 Å². The van der Waals surface area contributed by atoms with Crippen LogP contribution in [0, 0.1) is 10.5 Å². The number of halogens is 1. The fourth-order valence-electron chi connectivity index (χ4n) is 1.07. The summed E-state index contributed by atoms with van der Waals surface area (Å²) in [5, 5.41) is 0. The summed E-state index contributed by atoms with van der Waals surface area (Å²) in [5.41, 5.74) is 1.05. The summed E-state index contributed by atoms with van der Waals surface area (Å²) in [5.74, 6) is 0.912. The molecule has 66 valence electrons. The number of hydrogen-bond acceptors (Lipinski definition) is 2. The average Bonchev–Trinajstić information content (AvgIpc) is 2.62. The molecule has 4 heteroatoms. The molecule has 0 aliphatic heterocycles. The number of aromatic nitrogens is 3. The summed E-state index contributed by atoms with van der Waals surface area (Å²) >= 11 is 2.27. The van der Waals surface area contributed by atoms with E-state index in [0.29, 0.717) is 0 Å². The predicted octanol–water partition coefficient (Wildman–Crippen LogP) is 2.18. The first-order valence-electron chi connectivity index (χ1n) is 3.89. The molecule has 0 radical (unpaired) electrons. The highest BCUT2D eigenvalue weighted by Gasteiger charge is 1.99. The summed E-state index contributed by atoms with van der Waals surface area (Å²) in [6, 6.07) is 4.04. The van der Waals surface area contributed by atoms with Crippen molar-refractivity contribution in [3.8, 4) is 5.82 Å². The third-order valence-electron chi connectivity index (χ3n) is 1.78. The van der Waals surface area contributed by atoms with Gasteiger partial charge in [-0.1, -0.05) is 0 Å². The smallest absolute Gasteiger partial charge is 0.138 e. The van der Waals surface area contributed by atoms with Gasteiger partial charge in [-0.05, 0) is 41.6 Å². The molecule has 0 amide bonds. The molecule has 0 spiro atoms. The van der Waals surface area contributed by atoms with E-state index in [4.69, 9.17) is 0 Å². The number of nitrogens with zero attached hydrogens (tertiary/aromatic N) is 3. The topological polar surface area (TPSA) is 30.7 Å². The minimum Gasteiger partial charge on any atom is -0.291 e. The highest BCUT2D eigenvalue weighted by Crippen LogP contribution is 2.11. The maximum atomic E-state index is 4.43. The lowest BCUT2D eigenvalue weighted by Gasteiger charge is -2.02. The second-order valence-electron chi connectivity index (χ2n) is 2.71. The van der Waals surface area contributed by atoms with Gasteiger partial charge in [0.25, 0.3) is 0 Å². The molecule has 0 N–H and O–H groups in total. The first kappa shape index (κ1) is 8.68. The van der Waals surface area contributed by atoms with Gasteiger partial charge in [0.2, 0.25) is 0 Å². The molecule has 0 aliphatic carbocycles. The van der Waals surface area contributed by atoms with Crippen LogP contribution in [0.4, 0.5) is 0 Å². The van der Waals surface area contributed by atoms with Gasteiger partial charge in [-0.2, -0.15) is 0 Å². The van der Waals surface area contributed by atoms with Crippen LogP contribution in [0.2, 0.25) is 0 Å². The van der Waals surface area contributed by atoms with E-state index in [2.05, 4.69) is 38.6 Å². The van der Waals surface area contributed by atoms with E-state index >= 15 is 0 Å². The lowest BCUT2D eigenvalue weighted by atomic mass is 10.4. The van der Waals surface area contributed by atoms with Crippen molar-refractivity contribution in [2.75, 3.05) is 0 Å². The molecule has 0 fully saturated rings. The normalized spacial score (nSPS) is 10.3. The average molecular weight is 285 g/mol. The minimum absolute atomic E-state index is 0.912. The van der Waals surface area contributed by atoms with Crippen molar-refractivity contribution >= 4 is 22.6 Å². The molecule has 0 saturated carbocycles. The van der Waals surface area contributed by atoms with Crippen LogP contribution in [0.1, 0.15) is 5.69 Å². The second-order valence-corrected chi connectivity index (χ2v) is 3.87. The van der Waals surface area contributed by atoms with Crippen molar-refractivity contribution in [3.63, 3.8) is 0 Å². The van der Waals surface area contributed by atoms with Gasteiger partial charge in [0.05, 0.1) is 5.69 Å². The maximum Gasteiger partial charge on any atom is 0.138 e. The largest absolute Gasteiger partial charge is 0.291 e. The predicted molar refractivity (Wildman–Crippen MR) is 58.8 cm³/mol. The van der Waals surface area contributed by atoms with Crippen LogP contribution in [-0.2, 0) is 0 Å². The maximum absolute atomic E-state index is 4.43. The van der Waals surface area contributed by atoms with E-state index in [9.17, 15) is 0 Å². The quantitative estimate of drug-likeness (QED) is 0.752. The van der Waals surface area contributed by atoms with E-state index in [0.717, 1.165) is 11.5 Å². The Labute approximate surface area is 90.0 Å². The van der Waals surface area contributed by atoms with Crippen LogP contribution >= 0.6 is 22.6 Å². The Kier molecular flexibility index (Phi) is 2.30. The molecule has 2 heterocycles. The van der Waals surface area contributed by atoms with Crippen molar-refractivity contribution in [2.45, 2.75) is 6.92 Å². The third-order valence-corrected chi connectivity index (χ3v) is 2.92. The van der Waals surface area contributed by atoms with Crippen LogP contribution < -0.4 is 0 Å². The number of imidazole rings is 1. The van der Waals surface area contributed by atoms with Gasteiger partial charge < -0.3 is 0 Å². The fourth-order valence-corrected chi connectivity index (χ4v) is 1.37. The van der Waals surface area contributed by atoms with Gasteiger partial charge in [0.15, 0.2) is 0 Å². The van der Waals surface area contributed by atoms with E-state index in [1.165, 1.54) is 3.57 Å². The summed E-state index contributed by atoms with van der Waals surface area (Å²) < 4.78 is 3.07. The third kappa shape index (κ3) is 1.72. The Balaban J connectivity index is 2.49. The van der Waals surface area contributed by atoms with Crippen LogP contribution in [0.3, 0.4) is 0 Å². The molecule has 0 aromatic carbocycles. The zero-order valence-electron chi connectivity index (χ0n) is 7.11. The van der Waals surface area contributed by atoms with E-state index < -0.39 is 0 Å². The Hall–Kier alpha value is -0.910. The molecule has 0 saturated heterocycles. The molecule has 13 heavy (non-hydrogen) atoms. The Bertz CT molecular complexity index is 409. The number of pyridine rings is 1. The van der Waals surface area contributed by atoms with E-state index in [-0.39, 0.29) is 0 Å². The first-order chi connectivity index (χ1) is 6.27. The Morgan fingerprint density at radius 3 is 2.85 bits per heavy atom. The van der Waals surface area contributed by atoms with Crippen LogP contribution in [0.25, 0.3) is 5.82 Å². The van der Waals surface area contributed by atoms with Gasteiger partial charge in [-0.15, -0.1) is 0 Å². The van der Waals surface area contributed by atoms with Gasteiger partial charge in [0, 0.05) is 16.0 Å². The molecule has 0 unspecified atom stereocenters. The van der Waals surface area contributed by atoms with E-state index in [1.807, 2.05) is 23.8 Å². The van der Waals surface area contributed by atoms with Crippen molar-refractivity contribution in [1.82, 2.24) is 14.5 Å². The first-order valence-corrected chi connectivity index (χ1v) is 4.97. The van der Waals surface area contributed by atoms with Crippen molar-refractivity contribution in [1.29, 1.82) is 0 Å². The monoisotopic (exact) mass is 285 g/mol. The molecule has 0 bridgehead atoms. The molecule has 2 aromatic rings. The lowest BCUT2D eigenvalue weighted by molar-refractivity contribution is 0.971. The number of aryl methyl sites for hydroxylation is 1. The van der Waals surface area contributed by atoms with Crippen molar-refractivity contribution in [2.24, 2.45) is 0 Å². The standard InChI is InChI=1S/C9H8IN3/c1-7-8(10)2-3-9(12-7)13-5-4-11-6-13/h2-6H,1H3. The molecular weight excluding hydrogens is 277 g/mol. The zero-order valence-corrected chi connectivity index (χ0v) is 9.26. The summed E-state index contributed by atoms with van der Waals surface area (Å²) in [4.78, 5) is 8.40. The number of hydrogen-bond donors (Lipinski definition) is 0. The van der Waals surface area contributed by atoms with Gasteiger partial charge in [0.1, 0.15) is 12.1 Å². The van der Waals surface area contributed by atoms with Gasteiger partial charge in [-0.25, -0.2) is 9.97 Å². The summed E-state index contributed by atoms with van der Waals surface area (Å²) in [7, 11) is 0. The second kappa shape index (κ2) is 3.45. The zero-order chi connectivity index (χ0) is 9.26. The highest BCUT2D eigenvalue weighted by atomic mass is 127. The molecule has 3 nitrogen and oxygen atoms in total. The Morgan fingerprint density at radius 1 is 1.38 bits per heavy atom. The lowest BCUT2D eigenvalue weighted by Crippen LogP contribution is -1.96. The summed E-state index contributed by atoms with van der Waals surface area (Å²) in [6.45, 7) is 2.00. The Morgan fingerprint density at radius 2 is 2.23 bits per heavy atom. The minimum atomic E-state index is 0.912. The molecule has 0 atom stereocenters. The fraction of sp³-hybridized carbons (Fsp3) is 0.111. The van der Waals surface area contributed by atoms with Crippen LogP contribution in [0.15, 0.2) is 30.9 Å². The SMILES string of the molecule is Cc1nc(-n2ccnc2)ccc1I.